The van der Waals surface area contributed by atoms with Gasteiger partial charge in [0.2, 0.25) is 5.88 Å². The van der Waals surface area contributed by atoms with Gasteiger partial charge in [-0.05, 0) is 12.1 Å². The summed E-state index contributed by atoms with van der Waals surface area (Å²) in [5, 5.41) is 3.93. The molecule has 0 bridgehead atoms. The molecule has 7 nitrogen and oxygen atoms in total. The molecule has 0 aliphatic rings. The van der Waals surface area contributed by atoms with Crippen LogP contribution in [0.15, 0.2) is 30.3 Å². The van der Waals surface area contributed by atoms with Crippen molar-refractivity contribution in [3.05, 3.63) is 41.6 Å². The summed E-state index contributed by atoms with van der Waals surface area (Å²) in [5.74, 6) is -0.785. The van der Waals surface area contributed by atoms with Gasteiger partial charge in [0.25, 0.3) is 0 Å². The molecule has 0 aliphatic carbocycles. The van der Waals surface area contributed by atoms with E-state index in [9.17, 15) is 9.59 Å². The quantitative estimate of drug-likeness (QED) is 0.793. The summed E-state index contributed by atoms with van der Waals surface area (Å²) in [5.41, 5.74) is 0.450. The van der Waals surface area contributed by atoms with Gasteiger partial charge >= 0.3 is 11.9 Å². The second-order valence-electron chi connectivity index (χ2n) is 4.07. The molecule has 2 rings (SSSR count). The average molecular weight is 290 g/mol. The lowest BCUT2D eigenvalue weighted by atomic mass is 10.2. The minimum absolute atomic E-state index is 0.00815. The van der Waals surface area contributed by atoms with Crippen molar-refractivity contribution in [1.82, 2.24) is 9.78 Å². The highest BCUT2D eigenvalue weighted by atomic mass is 16.5. The zero-order valence-electron chi connectivity index (χ0n) is 11.8. The van der Waals surface area contributed by atoms with Gasteiger partial charge in [-0.3, -0.25) is 4.68 Å². The van der Waals surface area contributed by atoms with Crippen LogP contribution < -0.4 is 9.47 Å². The first-order chi connectivity index (χ1) is 10.1. The van der Waals surface area contributed by atoms with E-state index in [0.29, 0.717) is 5.75 Å². The molecular formula is C14H14N2O5. The van der Waals surface area contributed by atoms with Gasteiger partial charge < -0.3 is 14.2 Å². The average Bonchev–Trinajstić information content (AvgIpc) is 2.86. The lowest BCUT2D eigenvalue weighted by Crippen LogP contribution is -2.10. The highest BCUT2D eigenvalue weighted by molar-refractivity contribution is 5.94. The fraction of sp³-hybridized carbons (Fsp3) is 0.214. The topological polar surface area (TPSA) is 79.7 Å². The Morgan fingerprint density at radius 2 is 1.86 bits per heavy atom. The fourth-order valence-electron chi connectivity index (χ4n) is 1.75. The van der Waals surface area contributed by atoms with Crippen LogP contribution in [0.1, 0.15) is 20.8 Å². The van der Waals surface area contributed by atoms with Crippen molar-refractivity contribution in [2.75, 3.05) is 14.2 Å². The molecule has 110 valence electrons. The van der Waals surface area contributed by atoms with E-state index < -0.39 is 11.9 Å². The summed E-state index contributed by atoms with van der Waals surface area (Å²) in [6.07, 6.45) is 0. The van der Waals surface area contributed by atoms with Gasteiger partial charge in [-0.15, -0.1) is 5.10 Å². The minimum Gasteiger partial charge on any atom is -0.496 e. The number of carbonyl (C=O) groups is 2. The van der Waals surface area contributed by atoms with Crippen molar-refractivity contribution < 1.29 is 23.8 Å². The number of carbonyl (C=O) groups excluding carboxylic acids is 2. The maximum Gasteiger partial charge on any atom is 0.356 e. The summed E-state index contributed by atoms with van der Waals surface area (Å²) >= 11 is 0. The predicted octanol–water partition coefficient (Wildman–Crippen LogP) is 1.43. The molecule has 0 N–H and O–H groups in total. The molecule has 0 saturated heterocycles. The molecule has 0 amide bonds. The summed E-state index contributed by atoms with van der Waals surface area (Å²) in [6, 6.07) is 7.99. The van der Waals surface area contributed by atoms with Crippen LogP contribution in [0.5, 0.6) is 11.6 Å². The molecule has 1 heterocycles. The molecule has 21 heavy (non-hydrogen) atoms. The number of nitrogens with zero attached hydrogens (tertiary/aromatic N) is 2. The third-order valence-corrected chi connectivity index (χ3v) is 2.78. The van der Waals surface area contributed by atoms with Crippen LogP contribution in [0, 0.1) is 0 Å². The van der Waals surface area contributed by atoms with Crippen LogP contribution in [0.25, 0.3) is 0 Å². The number of methoxy groups -OCH3 is 2. The number of aromatic nitrogens is 2. The van der Waals surface area contributed by atoms with E-state index in [1.54, 1.807) is 31.3 Å². The van der Waals surface area contributed by atoms with Crippen LogP contribution >= 0.6 is 0 Å². The molecule has 0 spiro atoms. The molecule has 0 saturated carbocycles. The van der Waals surface area contributed by atoms with Crippen molar-refractivity contribution in [2.45, 2.75) is 0 Å². The Morgan fingerprint density at radius 1 is 1.14 bits per heavy atom. The summed E-state index contributed by atoms with van der Waals surface area (Å²) in [7, 11) is 4.27. The summed E-state index contributed by atoms with van der Waals surface area (Å²) in [4.78, 5) is 23.5. The van der Waals surface area contributed by atoms with Crippen molar-refractivity contribution in [1.29, 1.82) is 0 Å². The van der Waals surface area contributed by atoms with Crippen molar-refractivity contribution in [2.24, 2.45) is 7.05 Å². The number of para-hydroxylation sites is 1. The van der Waals surface area contributed by atoms with Crippen LogP contribution in [0.2, 0.25) is 0 Å². The Kier molecular flexibility index (Phi) is 4.22. The van der Waals surface area contributed by atoms with Gasteiger partial charge in [0.05, 0.1) is 14.2 Å². The van der Waals surface area contributed by atoms with E-state index in [-0.39, 0.29) is 17.1 Å². The number of hydrogen-bond donors (Lipinski definition) is 0. The minimum atomic E-state index is -0.623. The predicted molar refractivity (Wildman–Crippen MR) is 72.5 cm³/mol. The largest absolute Gasteiger partial charge is 0.496 e. The van der Waals surface area contributed by atoms with Gasteiger partial charge in [-0.1, -0.05) is 12.1 Å². The number of aryl methyl sites for hydroxylation is 1. The van der Waals surface area contributed by atoms with Crippen LogP contribution in [-0.4, -0.2) is 35.9 Å². The lowest BCUT2D eigenvalue weighted by molar-refractivity contribution is 0.0587. The number of ether oxygens (including phenoxy) is 3. The molecule has 1 aromatic carbocycles. The number of rotatable bonds is 4. The lowest BCUT2D eigenvalue weighted by Gasteiger charge is -2.06. The Morgan fingerprint density at radius 3 is 2.52 bits per heavy atom. The first-order valence-electron chi connectivity index (χ1n) is 6.04. The van der Waals surface area contributed by atoms with Gasteiger partial charge in [0.15, 0.2) is 0 Å². The van der Waals surface area contributed by atoms with Gasteiger partial charge in [-0.25, -0.2) is 9.59 Å². The second-order valence-corrected chi connectivity index (χ2v) is 4.07. The standard InChI is InChI=1S/C14H14N2O5/c1-16-10(14(18)20-3)8-12(15-16)21-13(17)9-6-4-5-7-11(9)19-2/h4-8H,1-3H3. The van der Waals surface area contributed by atoms with Crippen LogP contribution in [0.3, 0.4) is 0 Å². The van der Waals surface area contributed by atoms with E-state index in [1.165, 1.54) is 25.0 Å². The van der Waals surface area contributed by atoms with E-state index in [2.05, 4.69) is 9.84 Å². The number of benzene rings is 1. The highest BCUT2D eigenvalue weighted by Gasteiger charge is 2.19. The second kappa shape index (κ2) is 6.08. The molecule has 7 heteroatoms. The molecular weight excluding hydrogens is 276 g/mol. The van der Waals surface area contributed by atoms with E-state index in [1.807, 2.05) is 0 Å². The normalized spacial score (nSPS) is 10.0. The SMILES string of the molecule is COC(=O)c1cc(OC(=O)c2ccccc2OC)nn1C. The smallest absolute Gasteiger partial charge is 0.356 e. The summed E-state index contributed by atoms with van der Waals surface area (Å²) < 4.78 is 16.1. The zero-order chi connectivity index (χ0) is 15.4. The Labute approximate surface area is 121 Å². The Bertz CT molecular complexity index is 678. The fourth-order valence-corrected chi connectivity index (χ4v) is 1.75. The zero-order valence-corrected chi connectivity index (χ0v) is 11.8. The van der Waals surface area contributed by atoms with Crippen molar-refractivity contribution in [3.63, 3.8) is 0 Å². The first-order valence-corrected chi connectivity index (χ1v) is 6.04. The molecule has 1 aromatic heterocycles. The van der Waals surface area contributed by atoms with Crippen molar-refractivity contribution in [3.8, 4) is 11.6 Å². The van der Waals surface area contributed by atoms with Crippen molar-refractivity contribution >= 4 is 11.9 Å². The van der Waals surface area contributed by atoms with E-state index >= 15 is 0 Å². The van der Waals surface area contributed by atoms with Gasteiger partial charge in [0.1, 0.15) is 17.0 Å². The van der Waals surface area contributed by atoms with Gasteiger partial charge in [0, 0.05) is 13.1 Å². The molecule has 0 radical (unpaired) electrons. The molecule has 0 unspecified atom stereocenters. The van der Waals surface area contributed by atoms with Crippen LogP contribution in [0.4, 0.5) is 0 Å². The van der Waals surface area contributed by atoms with E-state index in [0.717, 1.165) is 0 Å². The summed E-state index contributed by atoms with van der Waals surface area (Å²) in [6.45, 7) is 0. The monoisotopic (exact) mass is 290 g/mol. The Hall–Kier alpha value is -2.83. The highest BCUT2D eigenvalue weighted by Crippen LogP contribution is 2.20. The molecule has 0 fully saturated rings. The van der Waals surface area contributed by atoms with E-state index in [4.69, 9.17) is 9.47 Å². The number of esters is 2. The maximum atomic E-state index is 12.1. The number of hydrogen-bond acceptors (Lipinski definition) is 6. The third kappa shape index (κ3) is 3.02. The molecule has 0 aliphatic heterocycles. The first kappa shape index (κ1) is 14.6. The molecule has 0 atom stereocenters. The molecule has 2 aromatic rings. The maximum absolute atomic E-state index is 12.1. The van der Waals surface area contributed by atoms with Crippen LogP contribution in [-0.2, 0) is 11.8 Å². The Balaban J connectivity index is 2.22. The third-order valence-electron chi connectivity index (χ3n) is 2.78. The van der Waals surface area contributed by atoms with Gasteiger partial charge in [-0.2, -0.15) is 0 Å².